The zero-order valence-electron chi connectivity index (χ0n) is 10.6. The Balaban J connectivity index is 1.81. The van der Waals surface area contributed by atoms with E-state index < -0.39 is 0 Å². The van der Waals surface area contributed by atoms with Crippen molar-refractivity contribution in [1.82, 2.24) is 10.1 Å². The van der Waals surface area contributed by atoms with E-state index in [1.165, 1.54) is 6.42 Å². The maximum Gasteiger partial charge on any atom is 0.234 e. The summed E-state index contributed by atoms with van der Waals surface area (Å²) in [6.45, 7) is 0.587. The van der Waals surface area contributed by atoms with E-state index in [0.29, 0.717) is 18.9 Å². The van der Waals surface area contributed by atoms with Gasteiger partial charge in [-0.25, -0.2) is 0 Å². The van der Waals surface area contributed by atoms with Crippen LogP contribution in [-0.4, -0.2) is 16.7 Å². The van der Waals surface area contributed by atoms with Crippen LogP contribution in [-0.2, 0) is 11.8 Å². The lowest BCUT2D eigenvalue weighted by Crippen LogP contribution is -2.41. The van der Waals surface area contributed by atoms with E-state index in [1.54, 1.807) is 0 Å². The van der Waals surface area contributed by atoms with Crippen molar-refractivity contribution in [1.29, 1.82) is 0 Å². The maximum absolute atomic E-state index is 5.85. The summed E-state index contributed by atoms with van der Waals surface area (Å²) >= 11 is 3.53. The molecular formula is C14H16BrN3O. The SMILES string of the molecule is NCC1(c2nc(Cc3ccccc3Br)no2)CCC1. The molecule has 1 aliphatic carbocycles. The second kappa shape index (κ2) is 5.06. The first-order valence-corrected chi connectivity index (χ1v) is 7.29. The van der Waals surface area contributed by atoms with Gasteiger partial charge >= 0.3 is 0 Å². The molecule has 0 bridgehead atoms. The quantitative estimate of drug-likeness (QED) is 0.940. The van der Waals surface area contributed by atoms with E-state index in [4.69, 9.17) is 10.3 Å². The molecule has 0 spiro atoms. The average molecular weight is 322 g/mol. The van der Waals surface area contributed by atoms with E-state index in [1.807, 2.05) is 18.2 Å². The number of hydrogen-bond donors (Lipinski definition) is 1. The Morgan fingerprint density at radius 3 is 2.74 bits per heavy atom. The van der Waals surface area contributed by atoms with E-state index in [0.717, 1.165) is 28.7 Å². The van der Waals surface area contributed by atoms with Crippen molar-refractivity contribution in [3.8, 4) is 0 Å². The predicted octanol–water partition coefficient (Wildman–Crippen LogP) is 2.80. The third-order valence-corrected chi connectivity index (χ3v) is 4.70. The van der Waals surface area contributed by atoms with Crippen LogP contribution in [0.4, 0.5) is 0 Å². The molecule has 5 heteroatoms. The number of benzene rings is 1. The van der Waals surface area contributed by atoms with Gasteiger partial charge in [-0.3, -0.25) is 0 Å². The van der Waals surface area contributed by atoms with Crippen LogP contribution in [0.15, 0.2) is 33.3 Å². The molecule has 1 saturated carbocycles. The molecule has 2 aromatic rings. The molecule has 19 heavy (non-hydrogen) atoms. The Bertz CT molecular complexity index is 572. The van der Waals surface area contributed by atoms with Crippen molar-refractivity contribution < 1.29 is 4.52 Å². The lowest BCUT2D eigenvalue weighted by Gasteiger charge is -2.36. The fourth-order valence-electron chi connectivity index (χ4n) is 2.46. The Kier molecular flexibility index (Phi) is 3.41. The highest BCUT2D eigenvalue weighted by atomic mass is 79.9. The van der Waals surface area contributed by atoms with E-state index in [2.05, 4.69) is 32.1 Å². The number of hydrogen-bond acceptors (Lipinski definition) is 4. The van der Waals surface area contributed by atoms with Gasteiger partial charge in [0.05, 0.1) is 5.41 Å². The van der Waals surface area contributed by atoms with E-state index in [-0.39, 0.29) is 5.41 Å². The smallest absolute Gasteiger partial charge is 0.234 e. The summed E-state index contributed by atoms with van der Waals surface area (Å²) in [6.07, 6.45) is 3.98. The highest BCUT2D eigenvalue weighted by Gasteiger charge is 2.42. The van der Waals surface area contributed by atoms with Gasteiger partial charge in [-0.05, 0) is 24.5 Å². The van der Waals surface area contributed by atoms with Gasteiger partial charge in [0.25, 0.3) is 0 Å². The van der Waals surface area contributed by atoms with Crippen LogP contribution < -0.4 is 5.73 Å². The fourth-order valence-corrected chi connectivity index (χ4v) is 2.89. The molecule has 0 aliphatic heterocycles. The first kappa shape index (κ1) is 12.8. The van der Waals surface area contributed by atoms with Crippen LogP contribution in [0, 0.1) is 0 Å². The molecule has 1 fully saturated rings. The topological polar surface area (TPSA) is 64.9 Å². The molecule has 100 valence electrons. The largest absolute Gasteiger partial charge is 0.339 e. The van der Waals surface area contributed by atoms with Crippen LogP contribution in [0.1, 0.15) is 36.5 Å². The molecule has 0 saturated heterocycles. The van der Waals surface area contributed by atoms with Gasteiger partial charge in [0, 0.05) is 17.4 Å². The van der Waals surface area contributed by atoms with Gasteiger partial charge in [0.15, 0.2) is 5.82 Å². The second-order valence-electron chi connectivity index (χ2n) is 5.12. The van der Waals surface area contributed by atoms with E-state index >= 15 is 0 Å². The maximum atomic E-state index is 5.85. The predicted molar refractivity (Wildman–Crippen MR) is 75.8 cm³/mol. The van der Waals surface area contributed by atoms with Crippen molar-refractivity contribution in [2.24, 2.45) is 5.73 Å². The lowest BCUT2D eigenvalue weighted by atomic mass is 9.69. The van der Waals surface area contributed by atoms with Gasteiger partial charge in [-0.15, -0.1) is 0 Å². The Morgan fingerprint density at radius 1 is 1.32 bits per heavy atom. The van der Waals surface area contributed by atoms with Gasteiger partial charge in [0.1, 0.15) is 0 Å². The van der Waals surface area contributed by atoms with Gasteiger partial charge < -0.3 is 10.3 Å². The van der Waals surface area contributed by atoms with Crippen molar-refractivity contribution >= 4 is 15.9 Å². The summed E-state index contributed by atoms with van der Waals surface area (Å²) in [7, 11) is 0. The molecule has 0 amide bonds. The van der Waals surface area contributed by atoms with Crippen LogP contribution in [0.5, 0.6) is 0 Å². The molecule has 0 atom stereocenters. The third kappa shape index (κ3) is 2.32. The highest BCUT2D eigenvalue weighted by molar-refractivity contribution is 9.10. The number of halogens is 1. The van der Waals surface area contributed by atoms with Crippen LogP contribution in [0.25, 0.3) is 0 Å². The standard InChI is InChI=1S/C14H16BrN3O/c15-11-5-2-1-4-10(11)8-12-17-13(19-18-12)14(9-16)6-3-7-14/h1-2,4-5H,3,6-9,16H2. The first-order chi connectivity index (χ1) is 9.23. The molecule has 1 aromatic heterocycles. The zero-order chi connectivity index (χ0) is 13.3. The number of aromatic nitrogens is 2. The lowest BCUT2D eigenvalue weighted by molar-refractivity contribution is 0.181. The van der Waals surface area contributed by atoms with Gasteiger partial charge in [0.2, 0.25) is 5.89 Å². The molecular weight excluding hydrogens is 306 g/mol. The number of rotatable bonds is 4. The minimum atomic E-state index is -0.0564. The van der Waals surface area contributed by atoms with E-state index in [9.17, 15) is 0 Å². The van der Waals surface area contributed by atoms with Gasteiger partial charge in [-0.1, -0.05) is 45.7 Å². The molecule has 0 unspecified atom stereocenters. The zero-order valence-corrected chi connectivity index (χ0v) is 12.2. The molecule has 3 rings (SSSR count). The van der Waals surface area contributed by atoms with Crippen LogP contribution >= 0.6 is 15.9 Å². The Labute approximate surface area is 120 Å². The molecule has 2 N–H and O–H groups in total. The normalized spacial score (nSPS) is 17.2. The highest BCUT2D eigenvalue weighted by Crippen LogP contribution is 2.41. The van der Waals surface area contributed by atoms with Crippen molar-refractivity contribution in [3.63, 3.8) is 0 Å². The van der Waals surface area contributed by atoms with Crippen LogP contribution in [0.3, 0.4) is 0 Å². The van der Waals surface area contributed by atoms with Crippen molar-refractivity contribution in [2.75, 3.05) is 6.54 Å². The minimum absolute atomic E-state index is 0.0564. The Morgan fingerprint density at radius 2 is 2.11 bits per heavy atom. The summed E-state index contributed by atoms with van der Waals surface area (Å²) in [4.78, 5) is 4.53. The molecule has 1 aromatic carbocycles. The summed E-state index contributed by atoms with van der Waals surface area (Å²) in [5.74, 6) is 1.44. The molecule has 4 nitrogen and oxygen atoms in total. The van der Waals surface area contributed by atoms with Crippen molar-refractivity contribution in [2.45, 2.75) is 31.1 Å². The second-order valence-corrected chi connectivity index (χ2v) is 5.98. The van der Waals surface area contributed by atoms with Gasteiger partial charge in [-0.2, -0.15) is 4.98 Å². The number of nitrogens with two attached hydrogens (primary N) is 1. The minimum Gasteiger partial charge on any atom is -0.339 e. The monoisotopic (exact) mass is 321 g/mol. The third-order valence-electron chi connectivity index (χ3n) is 3.93. The summed E-state index contributed by atoms with van der Waals surface area (Å²) in [6, 6.07) is 8.08. The summed E-state index contributed by atoms with van der Waals surface area (Å²) in [5, 5.41) is 4.09. The van der Waals surface area contributed by atoms with Crippen molar-refractivity contribution in [3.05, 3.63) is 46.0 Å². The first-order valence-electron chi connectivity index (χ1n) is 6.50. The average Bonchev–Trinajstić information content (AvgIpc) is 2.81. The molecule has 1 aliphatic rings. The van der Waals surface area contributed by atoms with Crippen LogP contribution in [0.2, 0.25) is 0 Å². The molecule has 1 heterocycles. The summed E-state index contributed by atoms with van der Waals surface area (Å²) in [5.41, 5.74) is 6.95. The molecule has 0 radical (unpaired) electrons. The number of nitrogens with zero attached hydrogens (tertiary/aromatic N) is 2. The summed E-state index contributed by atoms with van der Waals surface area (Å²) < 4.78 is 6.49. The fraction of sp³-hybridized carbons (Fsp3) is 0.429. The Hall–Kier alpha value is -1.20.